The van der Waals surface area contributed by atoms with Gasteiger partial charge in [0, 0.05) is 18.4 Å². The number of aryl methyl sites for hydroxylation is 1. The van der Waals surface area contributed by atoms with Crippen molar-refractivity contribution in [2.75, 3.05) is 23.9 Å². The molecule has 4 rings (SSSR count). The summed E-state index contributed by atoms with van der Waals surface area (Å²) in [5.74, 6) is 0.786. The molecule has 3 aromatic rings. The van der Waals surface area contributed by atoms with Crippen LogP contribution in [-0.2, 0) is 11.2 Å². The lowest BCUT2D eigenvalue weighted by Gasteiger charge is -2.30. The molecule has 7 heteroatoms. The first-order chi connectivity index (χ1) is 13.7. The maximum atomic E-state index is 11.8. The molecule has 0 saturated heterocycles. The number of carbonyl (C=O) groups is 1. The van der Waals surface area contributed by atoms with Crippen molar-refractivity contribution >= 4 is 40.7 Å². The fourth-order valence-corrected chi connectivity index (χ4v) is 3.48. The number of para-hydroxylation sites is 1. The summed E-state index contributed by atoms with van der Waals surface area (Å²) in [6, 6.07) is 15.1. The highest BCUT2D eigenvalue weighted by Crippen LogP contribution is 2.33. The SMILES string of the molecule is COC(=O)c1ccc(Cl)c(Nc2nccc(N3CCCc4ccccc43)n2)c1. The zero-order chi connectivity index (χ0) is 19.5. The van der Waals surface area contributed by atoms with E-state index >= 15 is 0 Å². The predicted octanol–water partition coefficient (Wildman–Crippen LogP) is 4.74. The Balaban J connectivity index is 1.63. The Kier molecular flexibility index (Phi) is 5.12. The summed E-state index contributed by atoms with van der Waals surface area (Å²) >= 11 is 6.27. The molecular formula is C21H19ClN4O2. The Hall–Kier alpha value is -3.12. The number of aromatic nitrogens is 2. The zero-order valence-corrected chi connectivity index (χ0v) is 16.1. The molecule has 0 unspecified atom stereocenters. The molecule has 142 valence electrons. The number of halogens is 1. The van der Waals surface area contributed by atoms with Gasteiger partial charge in [-0.2, -0.15) is 4.98 Å². The van der Waals surface area contributed by atoms with Crippen LogP contribution in [0.3, 0.4) is 0 Å². The van der Waals surface area contributed by atoms with Crippen molar-refractivity contribution in [2.24, 2.45) is 0 Å². The normalized spacial score (nSPS) is 13.0. The maximum absolute atomic E-state index is 11.8. The number of esters is 1. The van der Waals surface area contributed by atoms with Gasteiger partial charge in [0.1, 0.15) is 5.82 Å². The van der Waals surface area contributed by atoms with Gasteiger partial charge in [0.15, 0.2) is 0 Å². The molecule has 0 bridgehead atoms. The first kappa shape index (κ1) is 18.3. The highest BCUT2D eigenvalue weighted by atomic mass is 35.5. The predicted molar refractivity (Wildman–Crippen MR) is 110 cm³/mol. The smallest absolute Gasteiger partial charge is 0.337 e. The van der Waals surface area contributed by atoms with Gasteiger partial charge in [0.2, 0.25) is 5.95 Å². The Morgan fingerprint density at radius 2 is 2.07 bits per heavy atom. The minimum atomic E-state index is -0.431. The molecule has 0 fully saturated rings. The maximum Gasteiger partial charge on any atom is 0.337 e. The van der Waals surface area contributed by atoms with Crippen LogP contribution in [0.2, 0.25) is 5.02 Å². The second-order valence-corrected chi connectivity index (χ2v) is 6.84. The van der Waals surface area contributed by atoms with Crippen LogP contribution < -0.4 is 10.2 Å². The Morgan fingerprint density at radius 3 is 2.93 bits per heavy atom. The monoisotopic (exact) mass is 394 g/mol. The van der Waals surface area contributed by atoms with E-state index in [-0.39, 0.29) is 0 Å². The van der Waals surface area contributed by atoms with Crippen molar-refractivity contribution in [1.82, 2.24) is 9.97 Å². The third-order valence-corrected chi connectivity index (χ3v) is 4.99. The highest BCUT2D eigenvalue weighted by molar-refractivity contribution is 6.33. The molecule has 1 aliphatic rings. The number of anilines is 4. The summed E-state index contributed by atoms with van der Waals surface area (Å²) in [6.07, 6.45) is 3.84. The Bertz CT molecular complexity index is 1020. The second kappa shape index (κ2) is 7.86. The number of benzene rings is 2. The first-order valence-electron chi connectivity index (χ1n) is 8.99. The Morgan fingerprint density at radius 1 is 1.21 bits per heavy atom. The standard InChI is InChI=1S/C21H19ClN4O2/c1-28-20(27)15-8-9-16(22)17(13-15)24-21-23-11-10-19(25-21)26-12-4-6-14-5-2-3-7-18(14)26/h2-3,5,7-11,13H,4,6,12H2,1H3,(H,23,24,25). The van der Waals surface area contributed by atoms with E-state index in [1.54, 1.807) is 24.4 Å². The third kappa shape index (κ3) is 3.64. The molecule has 1 N–H and O–H groups in total. The van der Waals surface area contributed by atoms with E-state index in [0.717, 1.165) is 25.2 Å². The summed E-state index contributed by atoms with van der Waals surface area (Å²) < 4.78 is 4.77. The van der Waals surface area contributed by atoms with Gasteiger partial charge in [-0.25, -0.2) is 9.78 Å². The van der Waals surface area contributed by atoms with Crippen LogP contribution in [0, 0.1) is 0 Å². The van der Waals surface area contributed by atoms with Crippen molar-refractivity contribution < 1.29 is 9.53 Å². The summed E-state index contributed by atoms with van der Waals surface area (Å²) in [5.41, 5.74) is 3.43. The molecule has 0 atom stereocenters. The van der Waals surface area contributed by atoms with Crippen molar-refractivity contribution in [3.63, 3.8) is 0 Å². The first-order valence-corrected chi connectivity index (χ1v) is 9.37. The number of hydrogen-bond acceptors (Lipinski definition) is 6. The molecule has 2 aromatic carbocycles. The van der Waals surface area contributed by atoms with Crippen molar-refractivity contribution in [3.05, 3.63) is 70.9 Å². The number of methoxy groups -OCH3 is 1. The van der Waals surface area contributed by atoms with Gasteiger partial charge in [-0.3, -0.25) is 0 Å². The summed E-state index contributed by atoms with van der Waals surface area (Å²) in [7, 11) is 1.34. The topological polar surface area (TPSA) is 67.3 Å². The van der Waals surface area contributed by atoms with Gasteiger partial charge in [-0.1, -0.05) is 29.8 Å². The summed E-state index contributed by atoms with van der Waals surface area (Å²) in [4.78, 5) is 22.9. The average Bonchev–Trinajstić information content (AvgIpc) is 2.74. The van der Waals surface area contributed by atoms with Crippen LogP contribution in [0.1, 0.15) is 22.3 Å². The molecule has 6 nitrogen and oxygen atoms in total. The van der Waals surface area contributed by atoms with Crippen LogP contribution in [0.5, 0.6) is 0 Å². The largest absolute Gasteiger partial charge is 0.465 e. The van der Waals surface area contributed by atoms with E-state index in [0.29, 0.717) is 22.2 Å². The van der Waals surface area contributed by atoms with E-state index < -0.39 is 5.97 Å². The average molecular weight is 395 g/mol. The highest BCUT2D eigenvalue weighted by Gasteiger charge is 2.19. The van der Waals surface area contributed by atoms with Crippen LogP contribution in [0.15, 0.2) is 54.7 Å². The van der Waals surface area contributed by atoms with E-state index in [2.05, 4.69) is 38.4 Å². The third-order valence-electron chi connectivity index (χ3n) is 4.66. The second-order valence-electron chi connectivity index (χ2n) is 6.43. The van der Waals surface area contributed by atoms with Crippen LogP contribution in [0.25, 0.3) is 0 Å². The molecule has 0 radical (unpaired) electrons. The molecule has 2 heterocycles. The van der Waals surface area contributed by atoms with E-state index in [4.69, 9.17) is 16.3 Å². The molecular weight excluding hydrogens is 376 g/mol. The van der Waals surface area contributed by atoms with Gasteiger partial charge in [0.25, 0.3) is 0 Å². The molecule has 0 amide bonds. The van der Waals surface area contributed by atoms with Gasteiger partial charge in [0.05, 0.1) is 23.4 Å². The molecule has 0 saturated carbocycles. The van der Waals surface area contributed by atoms with Crippen molar-refractivity contribution in [1.29, 1.82) is 0 Å². The molecule has 0 spiro atoms. The van der Waals surface area contributed by atoms with E-state index in [1.807, 2.05) is 12.1 Å². The molecule has 1 aromatic heterocycles. The fourth-order valence-electron chi connectivity index (χ4n) is 3.32. The number of fused-ring (bicyclic) bond motifs is 1. The molecule has 28 heavy (non-hydrogen) atoms. The lowest BCUT2D eigenvalue weighted by molar-refractivity contribution is 0.0601. The van der Waals surface area contributed by atoms with Gasteiger partial charge in [-0.05, 0) is 48.7 Å². The van der Waals surface area contributed by atoms with E-state index in [1.165, 1.54) is 18.4 Å². The number of nitrogens with zero attached hydrogens (tertiary/aromatic N) is 3. The number of rotatable bonds is 4. The molecule has 1 aliphatic heterocycles. The lowest BCUT2D eigenvalue weighted by Crippen LogP contribution is -2.25. The minimum absolute atomic E-state index is 0.399. The minimum Gasteiger partial charge on any atom is -0.465 e. The Labute approximate surface area is 168 Å². The quantitative estimate of drug-likeness (QED) is 0.644. The van der Waals surface area contributed by atoms with Crippen LogP contribution in [-0.4, -0.2) is 29.6 Å². The van der Waals surface area contributed by atoms with Crippen molar-refractivity contribution in [3.8, 4) is 0 Å². The van der Waals surface area contributed by atoms with Crippen LogP contribution in [0.4, 0.5) is 23.1 Å². The number of ether oxygens (including phenoxy) is 1. The van der Waals surface area contributed by atoms with E-state index in [9.17, 15) is 4.79 Å². The molecule has 0 aliphatic carbocycles. The summed E-state index contributed by atoms with van der Waals surface area (Å²) in [5, 5.41) is 3.57. The van der Waals surface area contributed by atoms with Gasteiger partial charge >= 0.3 is 5.97 Å². The van der Waals surface area contributed by atoms with Crippen LogP contribution >= 0.6 is 11.6 Å². The van der Waals surface area contributed by atoms with Crippen molar-refractivity contribution in [2.45, 2.75) is 12.8 Å². The lowest BCUT2D eigenvalue weighted by atomic mass is 10.0. The fraction of sp³-hybridized carbons (Fsp3) is 0.190. The number of hydrogen-bond donors (Lipinski definition) is 1. The number of carbonyl (C=O) groups excluding carboxylic acids is 1. The summed E-state index contributed by atoms with van der Waals surface area (Å²) in [6.45, 7) is 0.895. The van der Waals surface area contributed by atoms with Gasteiger partial charge < -0.3 is 15.0 Å². The number of nitrogens with one attached hydrogen (secondary N) is 1. The zero-order valence-electron chi connectivity index (χ0n) is 15.4. The van der Waals surface area contributed by atoms with Gasteiger partial charge in [-0.15, -0.1) is 0 Å².